The van der Waals surface area contributed by atoms with Crippen LogP contribution in [0.4, 0.5) is 0 Å². The van der Waals surface area contributed by atoms with Gasteiger partial charge in [-0.25, -0.2) is 13.6 Å². The van der Waals surface area contributed by atoms with Crippen LogP contribution >= 0.6 is 0 Å². The van der Waals surface area contributed by atoms with Gasteiger partial charge in [-0.1, -0.05) is 0 Å². The van der Waals surface area contributed by atoms with Crippen molar-refractivity contribution in [2.24, 2.45) is 5.14 Å². The van der Waals surface area contributed by atoms with E-state index >= 15 is 0 Å². The van der Waals surface area contributed by atoms with Crippen molar-refractivity contribution in [3.8, 4) is 0 Å². The van der Waals surface area contributed by atoms with Crippen molar-refractivity contribution >= 4 is 26.8 Å². The molecule has 0 unspecified atom stereocenters. The van der Waals surface area contributed by atoms with Gasteiger partial charge in [0.15, 0.2) is 0 Å². The SMILES string of the molecule is NS(=O)(=O)c1ccc2[nH]c3c(c2c1)CCNC3=O. The van der Waals surface area contributed by atoms with E-state index in [1.807, 2.05) is 0 Å². The third-order valence-corrected chi connectivity index (χ3v) is 4.00. The number of primary sulfonamides is 1. The highest BCUT2D eigenvalue weighted by Gasteiger charge is 2.22. The molecular weight excluding hydrogens is 254 g/mol. The van der Waals surface area contributed by atoms with Crippen LogP contribution in [-0.4, -0.2) is 25.9 Å². The van der Waals surface area contributed by atoms with Crippen LogP contribution in [0.1, 0.15) is 16.1 Å². The Morgan fingerprint density at radius 1 is 1.28 bits per heavy atom. The van der Waals surface area contributed by atoms with E-state index in [1.54, 1.807) is 6.07 Å². The van der Waals surface area contributed by atoms with Crippen molar-refractivity contribution in [3.63, 3.8) is 0 Å². The molecule has 18 heavy (non-hydrogen) atoms. The molecule has 6 nitrogen and oxygen atoms in total. The van der Waals surface area contributed by atoms with E-state index in [-0.39, 0.29) is 10.8 Å². The lowest BCUT2D eigenvalue weighted by molar-refractivity contribution is 0.0942. The molecule has 0 fully saturated rings. The molecule has 0 saturated carbocycles. The van der Waals surface area contributed by atoms with E-state index in [0.29, 0.717) is 18.7 Å². The summed E-state index contributed by atoms with van der Waals surface area (Å²) in [6, 6.07) is 4.57. The molecule has 0 aliphatic carbocycles. The zero-order valence-corrected chi connectivity index (χ0v) is 10.2. The minimum Gasteiger partial charge on any atom is -0.350 e. The molecule has 1 aromatic heterocycles. The summed E-state index contributed by atoms with van der Waals surface area (Å²) in [6.45, 7) is 0.554. The summed E-state index contributed by atoms with van der Waals surface area (Å²) in [5.41, 5.74) is 2.09. The molecule has 1 aromatic carbocycles. The lowest BCUT2D eigenvalue weighted by Gasteiger charge is -2.11. The maximum Gasteiger partial charge on any atom is 0.268 e. The van der Waals surface area contributed by atoms with E-state index in [1.165, 1.54) is 12.1 Å². The smallest absolute Gasteiger partial charge is 0.268 e. The highest BCUT2D eigenvalue weighted by atomic mass is 32.2. The van der Waals surface area contributed by atoms with E-state index in [0.717, 1.165) is 16.5 Å². The number of benzene rings is 1. The summed E-state index contributed by atoms with van der Waals surface area (Å²) in [6.07, 6.45) is 0.676. The number of hydrogen-bond acceptors (Lipinski definition) is 3. The molecule has 3 rings (SSSR count). The zero-order valence-electron chi connectivity index (χ0n) is 9.36. The largest absolute Gasteiger partial charge is 0.350 e. The number of carbonyl (C=O) groups is 1. The van der Waals surface area contributed by atoms with Crippen molar-refractivity contribution in [1.82, 2.24) is 10.3 Å². The first kappa shape index (κ1) is 11.2. The number of amides is 1. The van der Waals surface area contributed by atoms with E-state index in [2.05, 4.69) is 10.3 Å². The predicted octanol–water partition coefficient (Wildman–Crippen LogP) is 0.101. The molecule has 1 amide bonds. The Balaban J connectivity index is 2.32. The Kier molecular flexibility index (Phi) is 2.23. The lowest BCUT2D eigenvalue weighted by Crippen LogP contribution is -2.31. The number of aromatic amines is 1. The van der Waals surface area contributed by atoms with Gasteiger partial charge < -0.3 is 10.3 Å². The first-order chi connectivity index (χ1) is 8.47. The Morgan fingerprint density at radius 3 is 2.78 bits per heavy atom. The normalized spacial score (nSPS) is 15.5. The van der Waals surface area contributed by atoms with Gasteiger partial charge in [0.2, 0.25) is 10.0 Å². The minimum atomic E-state index is -3.73. The summed E-state index contributed by atoms with van der Waals surface area (Å²) in [5.74, 6) is -0.162. The predicted molar refractivity (Wildman–Crippen MR) is 65.7 cm³/mol. The number of hydrogen-bond donors (Lipinski definition) is 3. The molecular formula is C11H11N3O3S. The van der Waals surface area contributed by atoms with E-state index in [9.17, 15) is 13.2 Å². The molecule has 7 heteroatoms. The van der Waals surface area contributed by atoms with E-state index < -0.39 is 10.0 Å². The van der Waals surface area contributed by atoms with Crippen LogP contribution in [-0.2, 0) is 16.4 Å². The summed E-state index contributed by atoms with van der Waals surface area (Å²) in [7, 11) is -3.73. The Bertz CT molecular complexity index is 761. The Hall–Kier alpha value is -1.86. The van der Waals surface area contributed by atoms with Crippen molar-refractivity contribution in [3.05, 3.63) is 29.5 Å². The van der Waals surface area contributed by atoms with Crippen LogP contribution < -0.4 is 10.5 Å². The van der Waals surface area contributed by atoms with Crippen molar-refractivity contribution in [2.45, 2.75) is 11.3 Å². The van der Waals surface area contributed by atoms with Gasteiger partial charge in [-0.3, -0.25) is 4.79 Å². The van der Waals surface area contributed by atoms with Crippen molar-refractivity contribution < 1.29 is 13.2 Å². The van der Waals surface area contributed by atoms with E-state index in [4.69, 9.17) is 5.14 Å². The van der Waals surface area contributed by atoms with Gasteiger partial charge in [-0.2, -0.15) is 0 Å². The Morgan fingerprint density at radius 2 is 2.06 bits per heavy atom. The number of fused-ring (bicyclic) bond motifs is 3. The first-order valence-corrected chi connectivity index (χ1v) is 6.97. The molecule has 94 valence electrons. The molecule has 0 spiro atoms. The third kappa shape index (κ3) is 1.59. The fourth-order valence-electron chi connectivity index (χ4n) is 2.25. The van der Waals surface area contributed by atoms with Gasteiger partial charge in [-0.15, -0.1) is 0 Å². The van der Waals surface area contributed by atoms with Gasteiger partial charge in [0, 0.05) is 17.4 Å². The van der Waals surface area contributed by atoms with Crippen LogP contribution in [0.15, 0.2) is 23.1 Å². The maximum absolute atomic E-state index is 11.7. The first-order valence-electron chi connectivity index (χ1n) is 5.42. The molecule has 0 radical (unpaired) electrons. The maximum atomic E-state index is 11.7. The highest BCUT2D eigenvalue weighted by Crippen LogP contribution is 2.26. The van der Waals surface area contributed by atoms with Crippen LogP contribution in [0.25, 0.3) is 10.9 Å². The average molecular weight is 265 g/mol. The monoisotopic (exact) mass is 265 g/mol. The number of carbonyl (C=O) groups excluding carboxylic acids is 1. The molecule has 2 heterocycles. The van der Waals surface area contributed by atoms with Crippen LogP contribution in [0, 0.1) is 0 Å². The number of rotatable bonds is 1. The van der Waals surface area contributed by atoms with Crippen LogP contribution in [0.2, 0.25) is 0 Å². The summed E-state index contributed by atoms with van der Waals surface area (Å²) in [5, 5.41) is 8.58. The van der Waals surface area contributed by atoms with Crippen LogP contribution in [0.3, 0.4) is 0 Å². The third-order valence-electron chi connectivity index (χ3n) is 3.09. The molecule has 0 atom stereocenters. The van der Waals surface area contributed by atoms with Gasteiger partial charge in [-0.05, 0) is 30.2 Å². The van der Waals surface area contributed by atoms with Crippen LogP contribution in [0.5, 0.6) is 0 Å². The quantitative estimate of drug-likeness (QED) is 0.681. The molecule has 1 aliphatic rings. The highest BCUT2D eigenvalue weighted by molar-refractivity contribution is 7.89. The lowest BCUT2D eigenvalue weighted by atomic mass is 10.0. The Labute approximate surface area is 103 Å². The van der Waals surface area contributed by atoms with Crippen molar-refractivity contribution in [1.29, 1.82) is 0 Å². The van der Waals surface area contributed by atoms with Gasteiger partial charge >= 0.3 is 0 Å². The fraction of sp³-hybridized carbons (Fsp3) is 0.182. The number of sulfonamides is 1. The molecule has 4 N–H and O–H groups in total. The summed E-state index contributed by atoms with van der Waals surface area (Å²) in [4.78, 5) is 14.7. The molecule has 1 aliphatic heterocycles. The number of aromatic nitrogens is 1. The van der Waals surface area contributed by atoms with Gasteiger partial charge in [0.05, 0.1) is 4.90 Å². The second-order valence-electron chi connectivity index (χ2n) is 4.24. The van der Waals surface area contributed by atoms with Gasteiger partial charge in [0.1, 0.15) is 5.69 Å². The van der Waals surface area contributed by atoms with Crippen molar-refractivity contribution in [2.75, 3.05) is 6.54 Å². The topological polar surface area (TPSA) is 105 Å². The number of nitrogens with two attached hydrogens (primary N) is 1. The summed E-state index contributed by atoms with van der Waals surface area (Å²) < 4.78 is 22.6. The fourth-order valence-corrected chi connectivity index (χ4v) is 2.79. The molecule has 0 bridgehead atoms. The minimum absolute atomic E-state index is 0.0581. The number of nitrogens with one attached hydrogen (secondary N) is 2. The summed E-state index contributed by atoms with van der Waals surface area (Å²) >= 11 is 0. The standard InChI is InChI=1S/C11H11N3O3S/c12-18(16,17)6-1-2-9-8(5-6)7-3-4-13-11(15)10(7)14-9/h1-2,5,14H,3-4H2,(H,13,15)(H2,12,16,17). The second-order valence-corrected chi connectivity index (χ2v) is 5.80. The molecule has 2 aromatic rings. The number of H-pyrrole nitrogens is 1. The second kappa shape index (κ2) is 3.56. The average Bonchev–Trinajstić information content (AvgIpc) is 2.67. The molecule has 0 saturated heterocycles. The van der Waals surface area contributed by atoms with Gasteiger partial charge in [0.25, 0.3) is 5.91 Å². The zero-order chi connectivity index (χ0) is 12.9.